The fraction of sp³-hybridized carbons (Fsp3) is 0.462. The molecule has 1 atom stereocenters. The number of Topliss-reactive ketones (excluding diaryl/α,β-unsaturated/α-hetero) is 1. The Morgan fingerprint density at radius 2 is 1.89 bits per heavy atom. The number of ether oxygens (including phenoxy) is 1. The molecule has 0 saturated carbocycles. The number of hydrogen-bond acceptors (Lipinski definition) is 4. The summed E-state index contributed by atoms with van der Waals surface area (Å²) < 4.78 is 29.7. The minimum atomic E-state index is -3.43. The number of methoxy groups -OCH3 is 1. The van der Waals surface area contributed by atoms with Gasteiger partial charge in [0.05, 0.1) is 5.75 Å². The van der Waals surface area contributed by atoms with E-state index in [4.69, 9.17) is 4.74 Å². The van der Waals surface area contributed by atoms with Crippen LogP contribution in [0.1, 0.15) is 23.7 Å². The topological polar surface area (TPSA) is 60.4 Å². The van der Waals surface area contributed by atoms with Crippen LogP contribution in [0.5, 0.6) is 0 Å². The van der Waals surface area contributed by atoms with Gasteiger partial charge in [0, 0.05) is 23.8 Å². The number of benzene rings is 1. The summed E-state index contributed by atoms with van der Waals surface area (Å²) in [6.45, 7) is 1.81. The molecule has 0 N–H and O–H groups in total. The molecule has 0 fully saturated rings. The first-order valence-electron chi connectivity index (χ1n) is 5.89. The number of halogens is 1. The Bertz CT molecular complexity index is 522. The fourth-order valence-corrected chi connectivity index (χ4v) is 3.19. The van der Waals surface area contributed by atoms with Crippen LogP contribution in [0.3, 0.4) is 0 Å². The van der Waals surface area contributed by atoms with E-state index >= 15 is 0 Å². The molecular formula is C13H17BrO4S. The quantitative estimate of drug-likeness (QED) is 0.561. The lowest BCUT2D eigenvalue weighted by Gasteiger charge is -2.12. The normalized spacial score (nSPS) is 13.2. The molecule has 0 aliphatic rings. The fourth-order valence-electron chi connectivity index (χ4n) is 1.59. The van der Waals surface area contributed by atoms with Crippen molar-refractivity contribution in [2.24, 2.45) is 0 Å². The molecule has 0 amide bonds. The molecule has 6 heteroatoms. The second-order valence-corrected chi connectivity index (χ2v) is 7.58. The van der Waals surface area contributed by atoms with E-state index in [1.165, 1.54) is 14.0 Å². The van der Waals surface area contributed by atoms with Gasteiger partial charge in [-0.2, -0.15) is 0 Å². The molecule has 1 rings (SSSR count). The van der Waals surface area contributed by atoms with Gasteiger partial charge in [0.2, 0.25) is 0 Å². The van der Waals surface area contributed by atoms with Crippen LogP contribution in [-0.4, -0.2) is 38.9 Å². The van der Waals surface area contributed by atoms with Crippen molar-refractivity contribution in [3.63, 3.8) is 0 Å². The summed E-state index contributed by atoms with van der Waals surface area (Å²) in [5.74, 6) is -0.408. The number of sulfone groups is 1. The van der Waals surface area contributed by atoms with Crippen molar-refractivity contribution < 1.29 is 17.9 Å². The van der Waals surface area contributed by atoms with Crippen LogP contribution >= 0.6 is 15.9 Å². The van der Waals surface area contributed by atoms with Crippen molar-refractivity contribution in [1.82, 2.24) is 0 Å². The Hall–Kier alpha value is -0.720. The maximum Gasteiger partial charge on any atom is 0.180 e. The Morgan fingerprint density at radius 1 is 1.32 bits per heavy atom. The molecule has 0 aliphatic carbocycles. The Balaban J connectivity index is 2.78. The van der Waals surface area contributed by atoms with Gasteiger partial charge < -0.3 is 4.74 Å². The van der Waals surface area contributed by atoms with Crippen molar-refractivity contribution in [2.75, 3.05) is 19.5 Å². The predicted octanol–water partition coefficient (Wildman–Crippen LogP) is 2.47. The van der Waals surface area contributed by atoms with Crippen LogP contribution in [0.2, 0.25) is 0 Å². The van der Waals surface area contributed by atoms with Gasteiger partial charge in [-0.3, -0.25) is 4.79 Å². The van der Waals surface area contributed by atoms with Gasteiger partial charge in [-0.15, -0.1) is 0 Å². The molecule has 0 aromatic heterocycles. The largest absolute Gasteiger partial charge is 0.385 e. The summed E-state index contributed by atoms with van der Waals surface area (Å²) in [5.41, 5.74) is 0.408. The Morgan fingerprint density at radius 3 is 2.42 bits per heavy atom. The van der Waals surface area contributed by atoms with Crippen LogP contribution in [-0.2, 0) is 14.6 Å². The number of ketones is 1. The summed E-state index contributed by atoms with van der Waals surface area (Å²) in [6, 6.07) is 6.68. The number of carbonyl (C=O) groups excluding carboxylic acids is 1. The van der Waals surface area contributed by atoms with Crippen LogP contribution in [0, 0.1) is 0 Å². The van der Waals surface area contributed by atoms with E-state index in [9.17, 15) is 13.2 Å². The highest BCUT2D eigenvalue weighted by molar-refractivity contribution is 9.10. The second kappa shape index (κ2) is 7.17. The predicted molar refractivity (Wildman–Crippen MR) is 78.2 cm³/mol. The monoisotopic (exact) mass is 348 g/mol. The van der Waals surface area contributed by atoms with Crippen molar-refractivity contribution in [3.05, 3.63) is 34.3 Å². The number of carbonyl (C=O) groups is 1. The third kappa shape index (κ3) is 4.71. The summed E-state index contributed by atoms with van der Waals surface area (Å²) in [6.07, 6.45) is 0.400. The number of hydrogen-bond donors (Lipinski definition) is 0. The Kier molecular flexibility index (Phi) is 6.16. The molecule has 1 aromatic carbocycles. The molecule has 0 heterocycles. The van der Waals surface area contributed by atoms with Crippen molar-refractivity contribution in [1.29, 1.82) is 0 Å². The molecule has 0 spiro atoms. The first-order chi connectivity index (χ1) is 8.88. The summed E-state index contributed by atoms with van der Waals surface area (Å²) in [5, 5.41) is -1.02. The average Bonchev–Trinajstić information content (AvgIpc) is 2.38. The van der Waals surface area contributed by atoms with E-state index in [1.807, 2.05) is 0 Å². The highest BCUT2D eigenvalue weighted by Crippen LogP contribution is 2.15. The minimum Gasteiger partial charge on any atom is -0.385 e. The van der Waals surface area contributed by atoms with Gasteiger partial charge >= 0.3 is 0 Å². The van der Waals surface area contributed by atoms with Crippen LogP contribution < -0.4 is 0 Å². The number of rotatable bonds is 7. The smallest absolute Gasteiger partial charge is 0.180 e. The summed E-state index contributed by atoms with van der Waals surface area (Å²) >= 11 is 3.27. The van der Waals surface area contributed by atoms with Crippen molar-refractivity contribution in [2.45, 2.75) is 18.6 Å². The van der Waals surface area contributed by atoms with Gasteiger partial charge in [-0.1, -0.05) is 28.1 Å². The van der Waals surface area contributed by atoms with E-state index < -0.39 is 15.1 Å². The van der Waals surface area contributed by atoms with Crippen LogP contribution in [0.15, 0.2) is 28.7 Å². The standard InChI is InChI=1S/C13H17BrO4S/c1-10(19(16,17)9-3-8-18-2)13(15)11-4-6-12(14)7-5-11/h4-7,10H,3,8-9H2,1-2H3. The Labute approximate surface area is 122 Å². The van der Waals surface area contributed by atoms with Crippen LogP contribution in [0.4, 0.5) is 0 Å². The van der Waals surface area contributed by atoms with E-state index in [2.05, 4.69) is 15.9 Å². The molecule has 106 valence electrons. The first kappa shape index (κ1) is 16.3. The molecule has 19 heavy (non-hydrogen) atoms. The third-order valence-electron chi connectivity index (χ3n) is 2.81. The molecule has 1 aromatic rings. The SMILES string of the molecule is COCCCS(=O)(=O)C(C)C(=O)c1ccc(Br)cc1. The first-order valence-corrected chi connectivity index (χ1v) is 8.39. The molecule has 0 radical (unpaired) electrons. The van der Waals surface area contributed by atoms with Gasteiger partial charge in [0.15, 0.2) is 15.6 Å². The van der Waals surface area contributed by atoms with Crippen molar-refractivity contribution in [3.8, 4) is 0 Å². The van der Waals surface area contributed by atoms with E-state index in [0.717, 1.165) is 4.47 Å². The summed E-state index contributed by atoms with van der Waals surface area (Å²) in [7, 11) is -1.91. The van der Waals surface area contributed by atoms with Gasteiger partial charge in [0.1, 0.15) is 5.25 Å². The zero-order valence-electron chi connectivity index (χ0n) is 10.9. The molecule has 0 bridgehead atoms. The molecule has 4 nitrogen and oxygen atoms in total. The molecular weight excluding hydrogens is 332 g/mol. The third-order valence-corrected chi connectivity index (χ3v) is 5.49. The summed E-state index contributed by atoms with van der Waals surface area (Å²) in [4.78, 5) is 12.1. The lowest BCUT2D eigenvalue weighted by atomic mass is 10.1. The molecule has 0 aliphatic heterocycles. The minimum absolute atomic E-state index is 0.0374. The highest BCUT2D eigenvalue weighted by Gasteiger charge is 2.28. The van der Waals surface area contributed by atoms with E-state index in [-0.39, 0.29) is 11.5 Å². The lowest BCUT2D eigenvalue weighted by molar-refractivity contribution is 0.0991. The van der Waals surface area contributed by atoms with E-state index in [0.29, 0.717) is 18.6 Å². The average molecular weight is 349 g/mol. The highest BCUT2D eigenvalue weighted by atomic mass is 79.9. The molecule has 0 saturated heterocycles. The van der Waals surface area contributed by atoms with Gasteiger partial charge in [-0.05, 0) is 25.5 Å². The van der Waals surface area contributed by atoms with Crippen LogP contribution in [0.25, 0.3) is 0 Å². The zero-order chi connectivity index (χ0) is 14.5. The maximum atomic E-state index is 12.1. The maximum absolute atomic E-state index is 12.1. The van der Waals surface area contributed by atoms with Gasteiger partial charge in [-0.25, -0.2) is 8.42 Å². The second-order valence-electron chi connectivity index (χ2n) is 4.23. The van der Waals surface area contributed by atoms with Crippen molar-refractivity contribution >= 4 is 31.6 Å². The lowest BCUT2D eigenvalue weighted by Crippen LogP contribution is -2.29. The van der Waals surface area contributed by atoms with E-state index in [1.54, 1.807) is 24.3 Å². The molecule has 1 unspecified atom stereocenters. The van der Waals surface area contributed by atoms with Gasteiger partial charge in [0.25, 0.3) is 0 Å². The zero-order valence-corrected chi connectivity index (χ0v) is 13.3.